The van der Waals surface area contributed by atoms with Crippen molar-refractivity contribution in [3.05, 3.63) is 93.4 Å². The number of ether oxygens (including phenoxy) is 2. The number of hydrogen-bond acceptors (Lipinski definition) is 6. The average molecular weight is 597 g/mol. The van der Waals surface area contributed by atoms with Crippen LogP contribution in [0.5, 0.6) is 0 Å². The summed E-state index contributed by atoms with van der Waals surface area (Å²) in [5.41, 5.74) is -0.538. The van der Waals surface area contributed by atoms with Crippen molar-refractivity contribution in [1.29, 1.82) is 0 Å². The van der Waals surface area contributed by atoms with E-state index in [0.717, 1.165) is 44.9 Å². The van der Waals surface area contributed by atoms with E-state index in [2.05, 4.69) is 83.3 Å². The predicted molar refractivity (Wildman–Crippen MR) is 170 cm³/mol. The quantitative estimate of drug-likeness (QED) is 0.147. The Bertz CT molecular complexity index is 1240. The monoisotopic (exact) mass is 596 g/mol. The normalized spacial score (nSPS) is 17.3. The molecule has 0 saturated carbocycles. The Morgan fingerprint density at radius 2 is 1.53 bits per heavy atom. The van der Waals surface area contributed by atoms with Crippen LogP contribution >= 0.6 is 0 Å². The summed E-state index contributed by atoms with van der Waals surface area (Å²) in [5.74, 6) is -0.0550. The van der Waals surface area contributed by atoms with Gasteiger partial charge in [0.15, 0.2) is 0 Å². The van der Waals surface area contributed by atoms with Gasteiger partial charge in [-0.1, -0.05) is 67.7 Å². The van der Waals surface area contributed by atoms with Crippen LogP contribution in [-0.2, 0) is 14.3 Å². The van der Waals surface area contributed by atoms with Crippen LogP contribution < -0.4 is 21.9 Å². The molecule has 43 heavy (non-hydrogen) atoms. The fourth-order valence-corrected chi connectivity index (χ4v) is 4.24. The van der Waals surface area contributed by atoms with Crippen molar-refractivity contribution in [1.82, 2.24) is 20.2 Å². The second-order valence-corrected chi connectivity index (χ2v) is 10.2. The molecule has 236 valence electrons. The average Bonchev–Trinajstić information content (AvgIpc) is 3.46. The van der Waals surface area contributed by atoms with E-state index in [4.69, 9.17) is 9.47 Å². The van der Waals surface area contributed by atoms with Gasteiger partial charge in [0.1, 0.15) is 12.8 Å². The van der Waals surface area contributed by atoms with Gasteiger partial charge in [-0.05, 0) is 64.7 Å². The molecule has 1 aliphatic rings. The molecule has 0 spiro atoms. The van der Waals surface area contributed by atoms with Gasteiger partial charge in [-0.15, -0.1) is 0 Å². The number of nitrogens with one attached hydrogen (secondary N) is 3. The standard InChI is InChI=1S/C33H48N4O6/c1-3-4-5-6-7-8-9-10-11-12-13-14-15-16-17-18-19-20-29(38)34-23-24-35-33(41)42-26-28-21-22-30(43-28)37-25-27(2)31(39)36-32(37)40/h4-5,7-8,10-11,13-14,16-17,25,28,30H,3,6,9,12,15,18-24,26H2,1-2H3,(H,34,38)(H,35,41)(H,36,39,40)/b5-4-,8-7-,11-10-,14-13-,17-16-. The number of allylic oxidation sites excluding steroid dienone is 10. The maximum absolute atomic E-state index is 12.0. The van der Waals surface area contributed by atoms with Gasteiger partial charge in [-0.25, -0.2) is 9.59 Å². The fourth-order valence-electron chi connectivity index (χ4n) is 4.24. The molecule has 2 heterocycles. The zero-order chi connectivity index (χ0) is 31.1. The molecule has 2 unspecified atom stereocenters. The van der Waals surface area contributed by atoms with E-state index in [1.165, 1.54) is 10.8 Å². The van der Waals surface area contributed by atoms with Crippen LogP contribution in [0.3, 0.4) is 0 Å². The lowest BCUT2D eigenvalue weighted by Gasteiger charge is -2.16. The number of nitrogens with zero attached hydrogens (tertiary/aromatic N) is 1. The molecule has 2 atom stereocenters. The summed E-state index contributed by atoms with van der Waals surface area (Å²) >= 11 is 0. The van der Waals surface area contributed by atoms with Gasteiger partial charge >= 0.3 is 11.8 Å². The van der Waals surface area contributed by atoms with E-state index in [-0.39, 0.29) is 25.2 Å². The van der Waals surface area contributed by atoms with Crippen LogP contribution in [0.25, 0.3) is 0 Å². The highest BCUT2D eigenvalue weighted by atomic mass is 16.6. The maximum Gasteiger partial charge on any atom is 0.407 e. The van der Waals surface area contributed by atoms with E-state index >= 15 is 0 Å². The number of H-pyrrole nitrogens is 1. The van der Waals surface area contributed by atoms with Gasteiger partial charge in [0.2, 0.25) is 5.91 Å². The minimum absolute atomic E-state index is 0.0432. The zero-order valence-corrected chi connectivity index (χ0v) is 25.6. The Hall–Kier alpha value is -3.92. The van der Waals surface area contributed by atoms with E-state index in [1.54, 1.807) is 6.92 Å². The molecular formula is C33H48N4O6. The number of unbranched alkanes of at least 4 members (excludes halogenated alkanes) is 1. The number of aromatic amines is 1. The number of carbonyl (C=O) groups excluding carboxylic acids is 2. The molecule has 0 aromatic carbocycles. The Morgan fingerprint density at radius 3 is 2.19 bits per heavy atom. The predicted octanol–water partition coefficient (Wildman–Crippen LogP) is 5.29. The first-order chi connectivity index (χ1) is 20.9. The molecule has 2 rings (SSSR count). The summed E-state index contributed by atoms with van der Waals surface area (Å²) in [6, 6.07) is 0. The van der Waals surface area contributed by atoms with Crippen LogP contribution in [0.1, 0.15) is 82.9 Å². The second kappa shape index (κ2) is 21.7. The summed E-state index contributed by atoms with van der Waals surface area (Å²) in [6.45, 7) is 4.36. The van der Waals surface area contributed by atoms with Crippen molar-refractivity contribution in [2.75, 3.05) is 19.7 Å². The summed E-state index contributed by atoms with van der Waals surface area (Å²) < 4.78 is 12.4. The molecule has 10 heteroatoms. The minimum atomic E-state index is -0.600. The van der Waals surface area contributed by atoms with Crippen LogP contribution in [0.2, 0.25) is 0 Å². The van der Waals surface area contributed by atoms with Crippen molar-refractivity contribution >= 4 is 12.0 Å². The Morgan fingerprint density at radius 1 is 0.930 bits per heavy atom. The lowest BCUT2D eigenvalue weighted by molar-refractivity contribution is -0.121. The van der Waals surface area contributed by atoms with Gasteiger partial charge in [0.25, 0.3) is 5.56 Å². The molecule has 0 bridgehead atoms. The van der Waals surface area contributed by atoms with Gasteiger partial charge in [0.05, 0.1) is 6.10 Å². The molecule has 0 radical (unpaired) electrons. The molecule has 3 N–H and O–H groups in total. The lowest BCUT2D eigenvalue weighted by atomic mass is 10.2. The third kappa shape index (κ3) is 15.8. The maximum atomic E-state index is 12.0. The van der Waals surface area contributed by atoms with Crippen molar-refractivity contribution in [3.8, 4) is 0 Å². The molecule has 1 saturated heterocycles. The summed E-state index contributed by atoms with van der Waals surface area (Å²) in [5, 5.41) is 5.39. The molecule has 0 aliphatic carbocycles. The van der Waals surface area contributed by atoms with E-state index < -0.39 is 23.6 Å². The minimum Gasteiger partial charge on any atom is -0.447 e. The highest BCUT2D eigenvalue weighted by Crippen LogP contribution is 2.27. The van der Waals surface area contributed by atoms with Crippen molar-refractivity contribution in [2.45, 2.75) is 90.4 Å². The number of alkyl carbamates (subject to hydrolysis) is 1. The molecule has 1 aliphatic heterocycles. The largest absolute Gasteiger partial charge is 0.447 e. The highest BCUT2D eigenvalue weighted by Gasteiger charge is 2.28. The van der Waals surface area contributed by atoms with E-state index in [1.807, 2.05) is 0 Å². The van der Waals surface area contributed by atoms with Crippen LogP contribution in [0, 0.1) is 6.92 Å². The summed E-state index contributed by atoms with van der Waals surface area (Å²) in [7, 11) is 0. The third-order valence-corrected chi connectivity index (χ3v) is 6.59. The number of aromatic nitrogens is 2. The summed E-state index contributed by atoms with van der Waals surface area (Å²) in [4.78, 5) is 49.8. The molecule has 1 fully saturated rings. The number of amides is 2. The molecule has 1 aromatic rings. The molecule has 2 amide bonds. The van der Waals surface area contributed by atoms with Crippen molar-refractivity contribution in [2.24, 2.45) is 0 Å². The number of rotatable bonds is 19. The van der Waals surface area contributed by atoms with Crippen LogP contribution in [0.15, 0.2) is 76.5 Å². The fraction of sp³-hybridized carbons (Fsp3) is 0.515. The molecular weight excluding hydrogens is 548 g/mol. The van der Waals surface area contributed by atoms with E-state index in [9.17, 15) is 19.2 Å². The third-order valence-electron chi connectivity index (χ3n) is 6.59. The van der Waals surface area contributed by atoms with Gasteiger partial charge in [0, 0.05) is 31.3 Å². The van der Waals surface area contributed by atoms with Gasteiger partial charge in [-0.2, -0.15) is 0 Å². The molecule has 10 nitrogen and oxygen atoms in total. The van der Waals surface area contributed by atoms with Gasteiger partial charge < -0.3 is 20.1 Å². The number of carbonyl (C=O) groups is 2. The summed E-state index contributed by atoms with van der Waals surface area (Å²) in [6.07, 6.45) is 29.7. The lowest BCUT2D eigenvalue weighted by Crippen LogP contribution is -2.36. The van der Waals surface area contributed by atoms with Crippen LogP contribution in [0.4, 0.5) is 4.79 Å². The van der Waals surface area contributed by atoms with Crippen molar-refractivity contribution < 1.29 is 19.1 Å². The second-order valence-electron chi connectivity index (χ2n) is 10.2. The van der Waals surface area contributed by atoms with E-state index in [0.29, 0.717) is 31.4 Å². The first kappa shape index (κ1) is 35.3. The number of hydrogen-bond donors (Lipinski definition) is 3. The Balaban J connectivity index is 1.44. The SMILES string of the molecule is CC/C=C\C/C=C\C/C=C\C/C=C\C/C=C\CCCC(=O)NCCNC(=O)OCC1CCC(n2cc(C)c(=O)[nH]c2=O)O1. The topological polar surface area (TPSA) is 132 Å². The zero-order valence-electron chi connectivity index (χ0n) is 25.6. The first-order valence-corrected chi connectivity index (χ1v) is 15.3. The highest BCUT2D eigenvalue weighted by molar-refractivity contribution is 5.75. The Kier molecular flexibility index (Phi) is 17.8. The van der Waals surface area contributed by atoms with Crippen LogP contribution in [-0.4, -0.2) is 47.4 Å². The van der Waals surface area contributed by atoms with Gasteiger partial charge in [-0.3, -0.25) is 19.1 Å². The number of aryl methyl sites for hydroxylation is 1. The first-order valence-electron chi connectivity index (χ1n) is 15.3. The molecule has 1 aromatic heterocycles. The smallest absolute Gasteiger partial charge is 0.407 e. The van der Waals surface area contributed by atoms with Crippen molar-refractivity contribution in [3.63, 3.8) is 0 Å². The Labute approximate surface area is 254 Å².